The average molecular weight is 324 g/mol. The Labute approximate surface area is 132 Å². The summed E-state index contributed by atoms with van der Waals surface area (Å²) in [4.78, 5) is 14.2. The summed E-state index contributed by atoms with van der Waals surface area (Å²) in [5.74, 6) is -0.0842. The van der Waals surface area contributed by atoms with Gasteiger partial charge in [-0.05, 0) is 44.0 Å². The number of nitrogens with one attached hydrogen (secondary N) is 1. The third kappa shape index (κ3) is 3.87. The normalized spacial score (nSPS) is 19.2. The Bertz CT molecular complexity index is 611. The number of aryl methyl sites for hydroxylation is 1. The number of sulfonamides is 1. The molecule has 122 valence electrons. The van der Waals surface area contributed by atoms with Gasteiger partial charge in [-0.3, -0.25) is 4.79 Å². The molecule has 0 unspecified atom stereocenters. The van der Waals surface area contributed by atoms with E-state index in [9.17, 15) is 13.2 Å². The Kier molecular flexibility index (Phi) is 5.58. The molecule has 0 aromatic heterocycles. The van der Waals surface area contributed by atoms with Crippen LogP contribution in [0.15, 0.2) is 24.3 Å². The van der Waals surface area contributed by atoms with Crippen molar-refractivity contribution < 1.29 is 13.2 Å². The van der Waals surface area contributed by atoms with E-state index < -0.39 is 15.3 Å². The van der Waals surface area contributed by atoms with Gasteiger partial charge < -0.3 is 4.90 Å². The first-order valence-corrected chi connectivity index (χ1v) is 9.33. The van der Waals surface area contributed by atoms with Crippen LogP contribution in [-0.2, 0) is 16.4 Å². The maximum Gasteiger partial charge on any atom is 0.253 e. The van der Waals surface area contributed by atoms with E-state index in [1.54, 1.807) is 4.90 Å². The van der Waals surface area contributed by atoms with Crippen LogP contribution in [0, 0.1) is 0 Å². The fourth-order valence-corrected chi connectivity index (χ4v) is 4.01. The van der Waals surface area contributed by atoms with Gasteiger partial charge in [0.25, 0.3) is 5.91 Å². The summed E-state index contributed by atoms with van der Waals surface area (Å²) in [5.41, 5.74) is 1.84. The number of hydrogen-bond acceptors (Lipinski definition) is 3. The van der Waals surface area contributed by atoms with Crippen LogP contribution in [0.25, 0.3) is 0 Å². The van der Waals surface area contributed by atoms with Crippen LogP contribution in [0.5, 0.6) is 0 Å². The molecule has 2 rings (SSSR count). The number of benzene rings is 1. The van der Waals surface area contributed by atoms with Crippen molar-refractivity contribution in [3.63, 3.8) is 0 Å². The smallest absolute Gasteiger partial charge is 0.253 e. The van der Waals surface area contributed by atoms with E-state index in [0.717, 1.165) is 12.8 Å². The van der Waals surface area contributed by atoms with E-state index in [1.807, 2.05) is 24.3 Å². The minimum absolute atomic E-state index is 0.0842. The Morgan fingerprint density at radius 1 is 1.32 bits per heavy atom. The zero-order chi connectivity index (χ0) is 16.2. The van der Waals surface area contributed by atoms with E-state index in [2.05, 4.69) is 11.6 Å². The Balaban J connectivity index is 2.08. The number of piperidine rings is 1. The summed E-state index contributed by atoms with van der Waals surface area (Å²) < 4.78 is 26.2. The number of rotatable bonds is 5. The van der Waals surface area contributed by atoms with Gasteiger partial charge in [0.1, 0.15) is 0 Å². The minimum Gasteiger partial charge on any atom is -0.337 e. The number of amides is 1. The first-order chi connectivity index (χ1) is 10.5. The number of likely N-dealkylation sites (tertiary alicyclic amines) is 1. The lowest BCUT2D eigenvalue weighted by Gasteiger charge is -2.32. The number of nitrogens with zero attached hydrogens (tertiary/aromatic N) is 1. The lowest BCUT2D eigenvalue weighted by Crippen LogP contribution is -2.47. The van der Waals surface area contributed by atoms with E-state index in [0.29, 0.717) is 24.9 Å². The molecule has 1 aromatic rings. The van der Waals surface area contributed by atoms with Gasteiger partial charge in [-0.1, -0.05) is 25.5 Å². The summed E-state index contributed by atoms with van der Waals surface area (Å²) >= 11 is 0. The van der Waals surface area contributed by atoms with Crippen molar-refractivity contribution in [2.45, 2.75) is 37.9 Å². The largest absolute Gasteiger partial charge is 0.337 e. The Morgan fingerprint density at radius 3 is 2.59 bits per heavy atom. The van der Waals surface area contributed by atoms with Crippen molar-refractivity contribution in [1.82, 2.24) is 9.62 Å². The summed E-state index contributed by atoms with van der Waals surface area (Å²) in [6.45, 7) is 3.00. The summed E-state index contributed by atoms with van der Waals surface area (Å²) in [5, 5.41) is -0.519. The van der Waals surface area contributed by atoms with Gasteiger partial charge in [0, 0.05) is 18.7 Å². The predicted octanol–water partition coefficient (Wildman–Crippen LogP) is 1.79. The second-order valence-corrected chi connectivity index (χ2v) is 7.88. The summed E-state index contributed by atoms with van der Waals surface area (Å²) in [6.07, 6.45) is 3.39. The van der Waals surface area contributed by atoms with Crippen LogP contribution >= 0.6 is 0 Å². The molecule has 22 heavy (non-hydrogen) atoms. The highest BCUT2D eigenvalue weighted by molar-refractivity contribution is 7.90. The molecular formula is C16H24N2O3S. The van der Waals surface area contributed by atoms with E-state index in [-0.39, 0.29) is 12.5 Å². The second kappa shape index (κ2) is 7.24. The average Bonchev–Trinajstić information content (AvgIpc) is 2.55. The highest BCUT2D eigenvalue weighted by atomic mass is 32.2. The van der Waals surface area contributed by atoms with Crippen LogP contribution in [0.4, 0.5) is 0 Å². The number of hydrogen-bond donors (Lipinski definition) is 1. The molecule has 1 heterocycles. The lowest BCUT2D eigenvalue weighted by atomic mass is 10.1. The molecule has 0 bridgehead atoms. The summed E-state index contributed by atoms with van der Waals surface area (Å²) in [7, 11) is -1.91. The second-order valence-electron chi connectivity index (χ2n) is 5.71. The monoisotopic (exact) mass is 324 g/mol. The first kappa shape index (κ1) is 17.0. The van der Waals surface area contributed by atoms with Crippen molar-refractivity contribution in [3.05, 3.63) is 35.4 Å². The highest BCUT2D eigenvalue weighted by Crippen LogP contribution is 2.19. The van der Waals surface area contributed by atoms with Gasteiger partial charge in [0.05, 0.1) is 5.25 Å². The predicted molar refractivity (Wildman–Crippen MR) is 87.3 cm³/mol. The number of carbonyl (C=O) groups is 1. The molecule has 5 nitrogen and oxygen atoms in total. The Hall–Kier alpha value is -1.40. The van der Waals surface area contributed by atoms with E-state index in [1.165, 1.54) is 12.6 Å². The van der Waals surface area contributed by atoms with Crippen molar-refractivity contribution in [2.24, 2.45) is 0 Å². The van der Waals surface area contributed by atoms with E-state index in [4.69, 9.17) is 0 Å². The van der Waals surface area contributed by atoms with Crippen LogP contribution in [0.2, 0.25) is 0 Å². The quantitative estimate of drug-likeness (QED) is 0.898. The van der Waals surface area contributed by atoms with Gasteiger partial charge >= 0.3 is 0 Å². The van der Waals surface area contributed by atoms with Crippen LogP contribution in [0.1, 0.15) is 42.1 Å². The topological polar surface area (TPSA) is 66.5 Å². The lowest BCUT2D eigenvalue weighted by molar-refractivity contribution is 0.0726. The fourth-order valence-electron chi connectivity index (χ4n) is 2.83. The zero-order valence-corrected chi connectivity index (χ0v) is 14.0. The highest BCUT2D eigenvalue weighted by Gasteiger charge is 2.32. The molecule has 0 aliphatic carbocycles. The third-order valence-electron chi connectivity index (χ3n) is 4.13. The van der Waals surface area contributed by atoms with Crippen molar-refractivity contribution in [3.8, 4) is 0 Å². The molecule has 0 saturated carbocycles. The number of carbonyl (C=O) groups excluding carboxylic acids is 1. The maximum atomic E-state index is 12.5. The molecule has 1 aromatic carbocycles. The molecule has 0 radical (unpaired) electrons. The van der Waals surface area contributed by atoms with E-state index >= 15 is 0 Å². The molecule has 0 spiro atoms. The van der Waals surface area contributed by atoms with Crippen molar-refractivity contribution >= 4 is 15.9 Å². The van der Waals surface area contributed by atoms with Crippen LogP contribution in [-0.4, -0.2) is 44.6 Å². The molecule has 1 aliphatic rings. The van der Waals surface area contributed by atoms with Crippen LogP contribution < -0.4 is 4.72 Å². The maximum absolute atomic E-state index is 12.5. The molecule has 1 fully saturated rings. The van der Waals surface area contributed by atoms with Gasteiger partial charge in [-0.25, -0.2) is 13.1 Å². The minimum atomic E-state index is -3.33. The van der Waals surface area contributed by atoms with Crippen molar-refractivity contribution in [2.75, 3.05) is 20.1 Å². The van der Waals surface area contributed by atoms with Gasteiger partial charge in [-0.2, -0.15) is 0 Å². The molecule has 1 saturated heterocycles. The Morgan fingerprint density at radius 2 is 2.00 bits per heavy atom. The summed E-state index contributed by atoms with van der Waals surface area (Å²) in [6, 6.07) is 7.62. The molecule has 1 atom stereocenters. The molecule has 1 amide bonds. The fraction of sp³-hybridized carbons (Fsp3) is 0.562. The van der Waals surface area contributed by atoms with Crippen molar-refractivity contribution in [1.29, 1.82) is 0 Å². The van der Waals surface area contributed by atoms with Gasteiger partial charge in [0.15, 0.2) is 0 Å². The van der Waals surface area contributed by atoms with Gasteiger partial charge in [-0.15, -0.1) is 0 Å². The zero-order valence-electron chi connectivity index (χ0n) is 13.2. The first-order valence-electron chi connectivity index (χ1n) is 7.78. The third-order valence-corrected chi connectivity index (χ3v) is 5.96. The molecule has 1 aliphatic heterocycles. The SMILES string of the molecule is CCCc1ccc(C(=O)N2CCC[C@H](S(=O)(=O)NC)C2)cc1. The van der Waals surface area contributed by atoms with Crippen LogP contribution in [0.3, 0.4) is 0 Å². The molecule has 6 heteroatoms. The van der Waals surface area contributed by atoms with Gasteiger partial charge in [0.2, 0.25) is 10.0 Å². The molecule has 1 N–H and O–H groups in total. The molecular weight excluding hydrogens is 300 g/mol. The standard InChI is InChI=1S/C16H24N2O3S/c1-3-5-13-7-9-14(10-8-13)16(19)18-11-4-6-15(12-18)22(20,21)17-2/h7-10,15,17H,3-6,11-12H2,1-2H3/t15-/m0/s1.